The number of fused-ring (bicyclic) bond motifs is 1. The normalized spacial score (nSPS) is 20.0. The number of aromatic nitrogens is 1. The van der Waals surface area contributed by atoms with Gasteiger partial charge in [-0.1, -0.05) is 6.07 Å². The quantitative estimate of drug-likeness (QED) is 0.807. The zero-order valence-corrected chi connectivity index (χ0v) is 16.8. The Morgan fingerprint density at radius 3 is 2.62 bits per heavy atom. The smallest absolute Gasteiger partial charge is 0.231 e. The molecule has 0 saturated carbocycles. The van der Waals surface area contributed by atoms with Gasteiger partial charge in [0.25, 0.3) is 0 Å². The van der Waals surface area contributed by atoms with Gasteiger partial charge in [0.15, 0.2) is 11.5 Å². The number of benzene rings is 1. The molecule has 0 spiro atoms. The number of aryl methyl sites for hydroxylation is 2. The molecule has 26 heavy (non-hydrogen) atoms. The predicted molar refractivity (Wildman–Crippen MR) is 108 cm³/mol. The maximum absolute atomic E-state index is 5.53. The molecule has 0 radical (unpaired) electrons. The monoisotopic (exact) mass is 372 g/mol. The second kappa shape index (κ2) is 7.89. The summed E-state index contributed by atoms with van der Waals surface area (Å²) in [7, 11) is 0. The fourth-order valence-corrected chi connectivity index (χ4v) is 4.14. The summed E-state index contributed by atoms with van der Waals surface area (Å²) in [5.74, 6) is 2.46. The summed E-state index contributed by atoms with van der Waals surface area (Å²) in [5, 5.41) is 0. The lowest BCUT2D eigenvalue weighted by Gasteiger charge is -2.25. The van der Waals surface area contributed by atoms with Gasteiger partial charge in [-0.25, -0.2) is 0 Å². The first kappa shape index (κ1) is 19.1. The molecule has 1 aromatic heterocycles. The fourth-order valence-electron chi connectivity index (χ4n) is 4.14. The zero-order valence-electron chi connectivity index (χ0n) is 15.8. The van der Waals surface area contributed by atoms with Crippen LogP contribution >= 0.6 is 13.5 Å². The van der Waals surface area contributed by atoms with E-state index in [0.29, 0.717) is 12.8 Å². The third kappa shape index (κ3) is 3.99. The SMILES string of the molecule is Cc1cc(CC2CCN(C(C)c3ccc4c(c3)OCO4)C2)cc(C)n1.S. The molecule has 3 heterocycles. The van der Waals surface area contributed by atoms with Gasteiger partial charge in [-0.05, 0) is 81.5 Å². The van der Waals surface area contributed by atoms with Crippen LogP contribution in [0.25, 0.3) is 0 Å². The Morgan fingerprint density at radius 1 is 1.12 bits per heavy atom. The zero-order chi connectivity index (χ0) is 17.4. The molecule has 0 N–H and O–H groups in total. The van der Waals surface area contributed by atoms with Crippen LogP contribution in [0.5, 0.6) is 11.5 Å². The van der Waals surface area contributed by atoms with Crippen molar-refractivity contribution in [2.75, 3.05) is 19.9 Å². The Morgan fingerprint density at radius 2 is 1.85 bits per heavy atom. The van der Waals surface area contributed by atoms with Crippen LogP contribution in [-0.4, -0.2) is 29.8 Å². The van der Waals surface area contributed by atoms with Crippen molar-refractivity contribution in [2.24, 2.45) is 5.92 Å². The van der Waals surface area contributed by atoms with Gasteiger partial charge in [0, 0.05) is 24.0 Å². The van der Waals surface area contributed by atoms with Gasteiger partial charge in [-0.2, -0.15) is 13.5 Å². The Balaban J connectivity index is 0.00000196. The first-order valence-corrected chi connectivity index (χ1v) is 9.16. The second-order valence-electron chi connectivity index (χ2n) is 7.40. The number of pyridine rings is 1. The van der Waals surface area contributed by atoms with Crippen LogP contribution in [0.4, 0.5) is 0 Å². The highest BCUT2D eigenvalue weighted by Gasteiger charge is 2.28. The number of hydrogen-bond acceptors (Lipinski definition) is 4. The minimum Gasteiger partial charge on any atom is -0.454 e. The summed E-state index contributed by atoms with van der Waals surface area (Å²) in [6.45, 7) is 9.10. The molecule has 2 atom stereocenters. The standard InChI is InChI=1S/C21H26N2O2.H2S/c1-14-8-18(9-15(2)22-14)10-17-6-7-23(12-17)16(3)19-4-5-20-21(11-19)25-13-24-20;/h4-5,8-9,11,16-17H,6-7,10,12-13H2,1-3H3;1H2. The predicted octanol–water partition coefficient (Wildman–Crippen LogP) is 4.17. The van der Waals surface area contributed by atoms with Crippen LogP contribution in [0.2, 0.25) is 0 Å². The molecule has 1 aromatic carbocycles. The lowest BCUT2D eigenvalue weighted by atomic mass is 9.98. The minimum absolute atomic E-state index is 0. The molecule has 1 saturated heterocycles. The van der Waals surface area contributed by atoms with Crippen LogP contribution in [0, 0.1) is 19.8 Å². The Hall–Kier alpha value is -1.72. The second-order valence-corrected chi connectivity index (χ2v) is 7.40. The van der Waals surface area contributed by atoms with Crippen LogP contribution in [0.1, 0.15) is 41.9 Å². The average molecular weight is 373 g/mol. The molecule has 0 bridgehead atoms. The van der Waals surface area contributed by atoms with E-state index >= 15 is 0 Å². The molecule has 2 aliphatic rings. The highest BCUT2D eigenvalue weighted by Crippen LogP contribution is 2.36. The molecule has 0 aliphatic carbocycles. The molecule has 2 aliphatic heterocycles. The van der Waals surface area contributed by atoms with Crippen molar-refractivity contribution >= 4 is 13.5 Å². The van der Waals surface area contributed by atoms with Crippen molar-refractivity contribution in [3.05, 3.63) is 52.8 Å². The van der Waals surface area contributed by atoms with Crippen molar-refractivity contribution in [2.45, 2.75) is 39.7 Å². The Labute approximate surface area is 163 Å². The lowest BCUT2D eigenvalue weighted by Crippen LogP contribution is -2.24. The summed E-state index contributed by atoms with van der Waals surface area (Å²) < 4.78 is 10.9. The Bertz CT molecular complexity index is 760. The average Bonchev–Trinajstić information content (AvgIpc) is 3.21. The highest BCUT2D eigenvalue weighted by atomic mass is 32.1. The third-order valence-electron chi connectivity index (χ3n) is 5.41. The lowest BCUT2D eigenvalue weighted by molar-refractivity contribution is 0.174. The molecule has 4 rings (SSSR count). The molecule has 1 fully saturated rings. The Kier molecular flexibility index (Phi) is 5.78. The van der Waals surface area contributed by atoms with E-state index in [1.165, 1.54) is 17.5 Å². The van der Waals surface area contributed by atoms with Crippen LogP contribution in [-0.2, 0) is 6.42 Å². The van der Waals surface area contributed by atoms with Gasteiger partial charge in [0.2, 0.25) is 6.79 Å². The van der Waals surface area contributed by atoms with Crippen molar-refractivity contribution < 1.29 is 9.47 Å². The van der Waals surface area contributed by atoms with Gasteiger partial charge in [-0.3, -0.25) is 9.88 Å². The van der Waals surface area contributed by atoms with Gasteiger partial charge >= 0.3 is 0 Å². The summed E-state index contributed by atoms with van der Waals surface area (Å²) in [6, 6.07) is 11.2. The van der Waals surface area contributed by atoms with Gasteiger partial charge in [-0.15, -0.1) is 0 Å². The summed E-state index contributed by atoms with van der Waals surface area (Å²) in [4.78, 5) is 7.07. The van der Waals surface area contributed by atoms with E-state index in [2.05, 4.69) is 54.9 Å². The first-order chi connectivity index (χ1) is 12.1. The number of ether oxygens (including phenoxy) is 2. The van der Waals surface area contributed by atoms with Crippen molar-refractivity contribution in [1.29, 1.82) is 0 Å². The van der Waals surface area contributed by atoms with E-state index in [9.17, 15) is 0 Å². The highest BCUT2D eigenvalue weighted by molar-refractivity contribution is 7.59. The van der Waals surface area contributed by atoms with E-state index in [1.54, 1.807) is 0 Å². The largest absolute Gasteiger partial charge is 0.454 e. The molecular weight excluding hydrogens is 344 g/mol. The molecule has 140 valence electrons. The summed E-state index contributed by atoms with van der Waals surface area (Å²) in [5.41, 5.74) is 4.98. The summed E-state index contributed by atoms with van der Waals surface area (Å²) >= 11 is 0. The van der Waals surface area contributed by atoms with Crippen molar-refractivity contribution in [1.82, 2.24) is 9.88 Å². The van der Waals surface area contributed by atoms with Gasteiger partial charge < -0.3 is 9.47 Å². The summed E-state index contributed by atoms with van der Waals surface area (Å²) in [6.07, 6.45) is 2.41. The van der Waals surface area contributed by atoms with E-state index in [4.69, 9.17) is 9.47 Å². The van der Waals surface area contributed by atoms with E-state index in [1.807, 2.05) is 6.07 Å². The number of likely N-dealkylation sites (tertiary alicyclic amines) is 1. The molecule has 2 aromatic rings. The first-order valence-electron chi connectivity index (χ1n) is 9.16. The molecule has 4 nitrogen and oxygen atoms in total. The number of rotatable bonds is 4. The molecule has 5 heteroatoms. The maximum atomic E-state index is 5.53. The third-order valence-corrected chi connectivity index (χ3v) is 5.41. The van der Waals surface area contributed by atoms with Crippen LogP contribution in [0.3, 0.4) is 0 Å². The molecule has 2 unspecified atom stereocenters. The van der Waals surface area contributed by atoms with Crippen molar-refractivity contribution in [3.63, 3.8) is 0 Å². The number of nitrogens with zero attached hydrogens (tertiary/aromatic N) is 2. The van der Waals surface area contributed by atoms with Crippen LogP contribution < -0.4 is 9.47 Å². The maximum Gasteiger partial charge on any atom is 0.231 e. The van der Waals surface area contributed by atoms with E-state index in [0.717, 1.165) is 48.3 Å². The van der Waals surface area contributed by atoms with E-state index in [-0.39, 0.29) is 13.5 Å². The molecular formula is C21H28N2O2S. The van der Waals surface area contributed by atoms with Crippen LogP contribution in [0.15, 0.2) is 30.3 Å². The molecule has 0 amide bonds. The van der Waals surface area contributed by atoms with Gasteiger partial charge in [0.05, 0.1) is 0 Å². The topological polar surface area (TPSA) is 34.6 Å². The number of hydrogen-bond donors (Lipinski definition) is 0. The van der Waals surface area contributed by atoms with Crippen molar-refractivity contribution in [3.8, 4) is 11.5 Å². The van der Waals surface area contributed by atoms with E-state index < -0.39 is 0 Å². The van der Waals surface area contributed by atoms with Gasteiger partial charge in [0.1, 0.15) is 0 Å². The minimum atomic E-state index is 0. The fraction of sp³-hybridized carbons (Fsp3) is 0.476.